The number of piperazine rings is 1. The summed E-state index contributed by atoms with van der Waals surface area (Å²) < 4.78 is 26.7. The van der Waals surface area contributed by atoms with E-state index in [-0.39, 0.29) is 24.3 Å². The highest BCUT2D eigenvalue weighted by molar-refractivity contribution is 5.85. The van der Waals surface area contributed by atoms with Gasteiger partial charge in [0, 0.05) is 26.2 Å². The minimum absolute atomic E-state index is 0. The number of alkyl halides is 1. The van der Waals surface area contributed by atoms with Crippen molar-refractivity contribution in [3.63, 3.8) is 0 Å². The maximum absolute atomic E-state index is 13.5. The monoisotopic (exact) mass is 276 g/mol. The van der Waals surface area contributed by atoms with Gasteiger partial charge < -0.3 is 5.32 Å². The number of hydrogen-bond acceptors (Lipinski definition) is 2. The molecule has 18 heavy (non-hydrogen) atoms. The molecule has 0 spiro atoms. The van der Waals surface area contributed by atoms with Crippen molar-refractivity contribution in [3.8, 4) is 0 Å². The molecule has 0 aliphatic carbocycles. The minimum atomic E-state index is -0.468. The maximum Gasteiger partial charge on any atom is 0.126 e. The van der Waals surface area contributed by atoms with Gasteiger partial charge in [-0.15, -0.1) is 12.4 Å². The van der Waals surface area contributed by atoms with Gasteiger partial charge in [-0.25, -0.2) is 8.78 Å². The first-order chi connectivity index (χ1) is 8.24. The molecular formula is C13H19ClF2N2. The van der Waals surface area contributed by atoms with E-state index in [2.05, 4.69) is 10.2 Å². The molecule has 0 aromatic heterocycles. The van der Waals surface area contributed by atoms with Crippen LogP contribution in [0.15, 0.2) is 18.2 Å². The Hall–Kier alpha value is -0.710. The average molecular weight is 277 g/mol. The van der Waals surface area contributed by atoms with E-state index in [1.165, 1.54) is 6.07 Å². The van der Waals surface area contributed by atoms with Gasteiger partial charge in [0.25, 0.3) is 0 Å². The van der Waals surface area contributed by atoms with Crippen molar-refractivity contribution in [1.82, 2.24) is 10.2 Å². The van der Waals surface area contributed by atoms with Crippen molar-refractivity contribution < 1.29 is 8.78 Å². The molecule has 1 aromatic rings. The van der Waals surface area contributed by atoms with Gasteiger partial charge in [-0.1, -0.05) is 12.1 Å². The van der Waals surface area contributed by atoms with Crippen molar-refractivity contribution in [3.05, 3.63) is 35.1 Å². The van der Waals surface area contributed by atoms with Crippen molar-refractivity contribution in [2.24, 2.45) is 0 Å². The molecule has 0 bridgehead atoms. The lowest BCUT2D eigenvalue weighted by Gasteiger charge is -2.34. The zero-order valence-corrected chi connectivity index (χ0v) is 11.3. The molecule has 102 valence electrons. The van der Waals surface area contributed by atoms with Crippen LogP contribution in [-0.2, 0) is 0 Å². The summed E-state index contributed by atoms with van der Waals surface area (Å²) in [5.41, 5.74) is 1.34. The van der Waals surface area contributed by atoms with Crippen LogP contribution in [0.3, 0.4) is 0 Å². The molecule has 1 fully saturated rings. The zero-order valence-electron chi connectivity index (χ0n) is 10.5. The third-order valence-corrected chi connectivity index (χ3v) is 3.41. The molecule has 2 nitrogen and oxygen atoms in total. The van der Waals surface area contributed by atoms with Gasteiger partial charge in [0.2, 0.25) is 0 Å². The van der Waals surface area contributed by atoms with E-state index in [1.54, 1.807) is 13.0 Å². The van der Waals surface area contributed by atoms with Crippen LogP contribution in [0.25, 0.3) is 0 Å². The first kappa shape index (κ1) is 15.3. The quantitative estimate of drug-likeness (QED) is 0.912. The Kier molecular flexibility index (Phi) is 5.99. The van der Waals surface area contributed by atoms with Crippen molar-refractivity contribution in [2.75, 3.05) is 32.9 Å². The Bertz CT molecular complexity index is 381. The van der Waals surface area contributed by atoms with Crippen LogP contribution in [0, 0.1) is 12.7 Å². The normalized spacial score (nSPS) is 18.2. The summed E-state index contributed by atoms with van der Waals surface area (Å²) in [5, 5.41) is 3.23. The van der Waals surface area contributed by atoms with Gasteiger partial charge >= 0.3 is 0 Å². The summed E-state index contributed by atoms with van der Waals surface area (Å²) in [6.07, 6.45) is 0. The minimum Gasteiger partial charge on any atom is -0.314 e. The molecule has 1 aromatic carbocycles. The molecule has 1 aliphatic heterocycles. The smallest absolute Gasteiger partial charge is 0.126 e. The third kappa shape index (κ3) is 3.19. The standard InChI is InChI=1S/C13H18F2N2.ClH/c1-10-11(3-2-4-12(10)15)13(9-14)17-7-5-16-6-8-17;/h2-4,13,16H,5-9H2,1H3;1H/t13-;/m0./s1. The molecule has 0 unspecified atom stereocenters. The molecule has 1 N–H and O–H groups in total. The highest BCUT2D eigenvalue weighted by Crippen LogP contribution is 2.26. The molecule has 0 saturated carbocycles. The highest BCUT2D eigenvalue weighted by Gasteiger charge is 2.24. The fourth-order valence-corrected chi connectivity index (χ4v) is 2.36. The van der Waals surface area contributed by atoms with Crippen LogP contribution in [0.2, 0.25) is 0 Å². The number of halogens is 3. The van der Waals surface area contributed by atoms with Crippen LogP contribution >= 0.6 is 12.4 Å². The molecule has 2 rings (SSSR count). The summed E-state index contributed by atoms with van der Waals surface area (Å²) in [7, 11) is 0. The summed E-state index contributed by atoms with van der Waals surface area (Å²) in [6.45, 7) is 4.60. The fraction of sp³-hybridized carbons (Fsp3) is 0.538. The highest BCUT2D eigenvalue weighted by atomic mass is 35.5. The zero-order chi connectivity index (χ0) is 12.3. The van der Waals surface area contributed by atoms with Crippen molar-refractivity contribution in [2.45, 2.75) is 13.0 Å². The van der Waals surface area contributed by atoms with Crippen LogP contribution in [0.1, 0.15) is 17.2 Å². The van der Waals surface area contributed by atoms with Gasteiger partial charge in [0.05, 0.1) is 6.04 Å². The van der Waals surface area contributed by atoms with Gasteiger partial charge in [0.1, 0.15) is 12.5 Å². The maximum atomic E-state index is 13.5. The van der Waals surface area contributed by atoms with Crippen molar-refractivity contribution in [1.29, 1.82) is 0 Å². The molecule has 0 amide bonds. The Morgan fingerprint density at radius 3 is 2.61 bits per heavy atom. The summed E-state index contributed by atoms with van der Waals surface area (Å²) in [6, 6.07) is 4.59. The van der Waals surface area contributed by atoms with Crippen LogP contribution in [0.5, 0.6) is 0 Å². The van der Waals surface area contributed by atoms with E-state index < -0.39 is 6.67 Å². The predicted molar refractivity (Wildman–Crippen MR) is 71.5 cm³/mol. The molecule has 1 heterocycles. The average Bonchev–Trinajstić information content (AvgIpc) is 2.37. The second-order valence-electron chi connectivity index (χ2n) is 4.41. The lowest BCUT2D eigenvalue weighted by molar-refractivity contribution is 0.147. The second-order valence-corrected chi connectivity index (χ2v) is 4.41. The second kappa shape index (κ2) is 7.02. The molecule has 1 aliphatic rings. The van der Waals surface area contributed by atoms with Crippen LogP contribution in [0.4, 0.5) is 8.78 Å². The fourth-order valence-electron chi connectivity index (χ4n) is 2.36. The van der Waals surface area contributed by atoms with Crippen LogP contribution < -0.4 is 5.32 Å². The van der Waals surface area contributed by atoms with Gasteiger partial charge in [-0.2, -0.15) is 0 Å². The van der Waals surface area contributed by atoms with E-state index in [1.807, 2.05) is 6.07 Å². The molecule has 5 heteroatoms. The lowest BCUT2D eigenvalue weighted by atomic mass is 10.00. The van der Waals surface area contributed by atoms with Crippen LogP contribution in [-0.4, -0.2) is 37.8 Å². The summed E-state index contributed by atoms with van der Waals surface area (Å²) in [5.74, 6) is -0.254. The largest absolute Gasteiger partial charge is 0.314 e. The first-order valence-electron chi connectivity index (χ1n) is 5.99. The van der Waals surface area contributed by atoms with E-state index in [0.29, 0.717) is 5.56 Å². The van der Waals surface area contributed by atoms with E-state index in [9.17, 15) is 8.78 Å². The number of rotatable bonds is 3. The molecule has 0 radical (unpaired) electrons. The Morgan fingerprint density at radius 1 is 1.33 bits per heavy atom. The molecular weight excluding hydrogens is 258 g/mol. The summed E-state index contributed by atoms with van der Waals surface area (Å²) in [4.78, 5) is 2.08. The van der Waals surface area contributed by atoms with Gasteiger partial charge in [0.15, 0.2) is 0 Å². The third-order valence-electron chi connectivity index (χ3n) is 3.41. The SMILES string of the molecule is Cc1c(F)cccc1[C@H](CF)N1CCNCC1.Cl. The van der Waals surface area contributed by atoms with E-state index in [0.717, 1.165) is 31.7 Å². The van der Waals surface area contributed by atoms with Crippen molar-refractivity contribution >= 4 is 12.4 Å². The van der Waals surface area contributed by atoms with Gasteiger partial charge in [-0.3, -0.25) is 4.90 Å². The molecule has 1 atom stereocenters. The Balaban J connectivity index is 0.00000162. The number of nitrogens with one attached hydrogen (secondary N) is 1. The Labute approximate surface area is 113 Å². The van der Waals surface area contributed by atoms with Gasteiger partial charge in [-0.05, 0) is 24.1 Å². The number of nitrogens with zero attached hydrogens (tertiary/aromatic N) is 1. The predicted octanol–water partition coefficient (Wildman–Crippen LogP) is 2.47. The topological polar surface area (TPSA) is 15.3 Å². The van der Waals surface area contributed by atoms with E-state index in [4.69, 9.17) is 0 Å². The first-order valence-corrected chi connectivity index (χ1v) is 5.99. The number of hydrogen-bond donors (Lipinski definition) is 1. The number of benzene rings is 1. The molecule has 1 saturated heterocycles. The van der Waals surface area contributed by atoms with E-state index >= 15 is 0 Å². The summed E-state index contributed by atoms with van der Waals surface area (Å²) >= 11 is 0. The Morgan fingerprint density at radius 2 is 2.00 bits per heavy atom. The lowest BCUT2D eigenvalue weighted by Crippen LogP contribution is -2.45.